The van der Waals surface area contributed by atoms with Gasteiger partial charge in [-0.3, -0.25) is 0 Å². The van der Waals surface area contributed by atoms with Crippen molar-refractivity contribution in [3.05, 3.63) is 23.8 Å². The smallest absolute Gasteiger partial charge is 0.241 e. The Kier molecular flexibility index (Phi) is 4.01. The number of aromatic nitrogens is 2. The number of nitrogens with zero attached hydrogens (tertiary/aromatic N) is 3. The fraction of sp³-hybridized carbons (Fsp3) is 0.636. The molecule has 0 unspecified atom stereocenters. The van der Waals surface area contributed by atoms with Gasteiger partial charge in [0.1, 0.15) is 12.0 Å². The lowest BCUT2D eigenvalue weighted by Crippen LogP contribution is -2.38. The Morgan fingerprint density at radius 3 is 2.65 bits per heavy atom. The van der Waals surface area contributed by atoms with Crippen LogP contribution in [-0.2, 0) is 16.2 Å². The van der Waals surface area contributed by atoms with Crippen LogP contribution in [0.25, 0.3) is 0 Å². The fourth-order valence-corrected chi connectivity index (χ4v) is 3.15. The van der Waals surface area contributed by atoms with Crippen LogP contribution in [0, 0.1) is 0 Å². The number of hydrogen-bond donors (Lipinski definition) is 0. The second-order valence-electron chi connectivity index (χ2n) is 4.79. The van der Waals surface area contributed by atoms with E-state index in [4.69, 9.17) is 0 Å². The molecule has 2 heterocycles. The zero-order valence-corrected chi connectivity index (χ0v) is 11.6. The van der Waals surface area contributed by atoms with Gasteiger partial charge in [0, 0.05) is 24.7 Å². The van der Waals surface area contributed by atoms with Gasteiger partial charge in [-0.25, -0.2) is 22.7 Å². The van der Waals surface area contributed by atoms with Gasteiger partial charge in [-0.05, 0) is 18.9 Å². The summed E-state index contributed by atoms with van der Waals surface area (Å²) in [5.74, 6) is -0.331. The van der Waals surface area contributed by atoms with Crippen LogP contribution >= 0.6 is 0 Å². The van der Waals surface area contributed by atoms with E-state index in [2.05, 4.69) is 9.97 Å². The molecule has 112 valence electrons. The average molecular weight is 309 g/mol. The normalized spacial score (nSPS) is 21.9. The van der Waals surface area contributed by atoms with Gasteiger partial charge in [-0.2, -0.15) is 13.2 Å². The predicted octanol–water partition coefficient (Wildman–Crippen LogP) is 1.63. The summed E-state index contributed by atoms with van der Waals surface area (Å²) in [5.41, 5.74) is -0.764. The number of alkyl halides is 3. The molecular formula is C11H14F3N3O2S. The SMILES string of the molecule is CS(=O)(=O)N1CCC[C@H](c2cc(C(F)(F)F)ncn2)C1. The molecule has 20 heavy (non-hydrogen) atoms. The van der Waals surface area contributed by atoms with Crippen molar-refractivity contribution in [2.75, 3.05) is 19.3 Å². The zero-order valence-electron chi connectivity index (χ0n) is 10.8. The van der Waals surface area contributed by atoms with Crippen LogP contribution in [0.1, 0.15) is 30.1 Å². The van der Waals surface area contributed by atoms with Gasteiger partial charge in [-0.15, -0.1) is 0 Å². The minimum Gasteiger partial charge on any atom is -0.241 e. The van der Waals surface area contributed by atoms with Crippen LogP contribution in [0.3, 0.4) is 0 Å². The Hall–Kier alpha value is -1.22. The summed E-state index contributed by atoms with van der Waals surface area (Å²) in [7, 11) is -3.34. The lowest BCUT2D eigenvalue weighted by molar-refractivity contribution is -0.141. The third kappa shape index (κ3) is 3.45. The molecule has 0 aliphatic carbocycles. The van der Waals surface area contributed by atoms with E-state index in [-0.39, 0.29) is 18.2 Å². The molecule has 1 fully saturated rings. The van der Waals surface area contributed by atoms with Gasteiger partial charge in [-0.1, -0.05) is 0 Å². The van der Waals surface area contributed by atoms with Crippen LogP contribution in [0.2, 0.25) is 0 Å². The Morgan fingerprint density at radius 1 is 1.35 bits per heavy atom. The molecule has 2 rings (SSSR count). The van der Waals surface area contributed by atoms with Crippen LogP contribution in [0.15, 0.2) is 12.4 Å². The van der Waals surface area contributed by atoms with Gasteiger partial charge in [0.15, 0.2) is 0 Å². The molecule has 0 N–H and O–H groups in total. The third-order valence-electron chi connectivity index (χ3n) is 3.25. The lowest BCUT2D eigenvalue weighted by atomic mass is 9.95. The first-order valence-corrected chi connectivity index (χ1v) is 7.87. The molecule has 0 bridgehead atoms. The van der Waals surface area contributed by atoms with E-state index in [1.54, 1.807) is 0 Å². The van der Waals surface area contributed by atoms with Crippen molar-refractivity contribution in [2.24, 2.45) is 0 Å². The molecule has 1 atom stereocenters. The number of piperidine rings is 1. The first-order valence-electron chi connectivity index (χ1n) is 6.02. The first-order chi connectivity index (χ1) is 9.18. The van der Waals surface area contributed by atoms with Crippen LogP contribution in [-0.4, -0.2) is 42.0 Å². The Labute approximate surface area is 114 Å². The molecule has 5 nitrogen and oxygen atoms in total. The molecule has 1 aromatic rings. The van der Waals surface area contributed by atoms with Crippen molar-refractivity contribution in [2.45, 2.75) is 24.9 Å². The molecule has 0 radical (unpaired) electrons. The summed E-state index contributed by atoms with van der Waals surface area (Å²) in [6, 6.07) is 0.899. The predicted molar refractivity (Wildman–Crippen MR) is 65.4 cm³/mol. The molecule has 9 heteroatoms. The minimum absolute atomic E-state index is 0.160. The summed E-state index contributed by atoms with van der Waals surface area (Å²) in [6.45, 7) is 0.555. The maximum absolute atomic E-state index is 12.6. The summed E-state index contributed by atoms with van der Waals surface area (Å²) in [5, 5.41) is 0. The van der Waals surface area contributed by atoms with E-state index in [0.717, 1.165) is 18.6 Å². The molecular weight excluding hydrogens is 295 g/mol. The third-order valence-corrected chi connectivity index (χ3v) is 4.52. The largest absolute Gasteiger partial charge is 0.433 e. The molecule has 0 aromatic carbocycles. The molecule has 0 saturated carbocycles. The highest BCUT2D eigenvalue weighted by atomic mass is 32.2. The lowest BCUT2D eigenvalue weighted by Gasteiger charge is -2.30. The van der Waals surface area contributed by atoms with Crippen molar-refractivity contribution >= 4 is 10.0 Å². The van der Waals surface area contributed by atoms with Crippen LogP contribution < -0.4 is 0 Å². The van der Waals surface area contributed by atoms with E-state index >= 15 is 0 Å². The van der Waals surface area contributed by atoms with E-state index in [9.17, 15) is 21.6 Å². The quantitative estimate of drug-likeness (QED) is 0.833. The first kappa shape index (κ1) is 15.2. The Bertz CT molecular complexity index is 589. The number of hydrogen-bond acceptors (Lipinski definition) is 4. The number of rotatable bonds is 2. The zero-order chi connectivity index (χ0) is 15.0. The summed E-state index contributed by atoms with van der Waals surface area (Å²) >= 11 is 0. The van der Waals surface area contributed by atoms with E-state index < -0.39 is 21.9 Å². The number of halogens is 3. The highest BCUT2D eigenvalue weighted by Crippen LogP contribution is 2.31. The second kappa shape index (κ2) is 5.28. The molecule has 1 aliphatic heterocycles. The van der Waals surface area contributed by atoms with E-state index in [0.29, 0.717) is 19.4 Å². The van der Waals surface area contributed by atoms with Gasteiger partial charge < -0.3 is 0 Å². The van der Waals surface area contributed by atoms with Gasteiger partial charge in [0.05, 0.1) is 6.26 Å². The minimum atomic E-state index is -4.52. The Morgan fingerprint density at radius 2 is 2.05 bits per heavy atom. The topological polar surface area (TPSA) is 63.2 Å². The average Bonchev–Trinajstić information content (AvgIpc) is 2.37. The van der Waals surface area contributed by atoms with E-state index in [1.165, 1.54) is 4.31 Å². The molecule has 1 saturated heterocycles. The van der Waals surface area contributed by atoms with E-state index in [1.807, 2.05) is 0 Å². The fourth-order valence-electron chi connectivity index (χ4n) is 2.24. The molecule has 1 aromatic heterocycles. The maximum Gasteiger partial charge on any atom is 0.433 e. The van der Waals surface area contributed by atoms with Crippen molar-refractivity contribution in [3.63, 3.8) is 0 Å². The van der Waals surface area contributed by atoms with Crippen molar-refractivity contribution in [1.82, 2.24) is 14.3 Å². The maximum atomic E-state index is 12.6. The number of sulfonamides is 1. The molecule has 1 aliphatic rings. The van der Waals surface area contributed by atoms with Crippen LogP contribution in [0.4, 0.5) is 13.2 Å². The van der Waals surface area contributed by atoms with Crippen LogP contribution in [0.5, 0.6) is 0 Å². The summed E-state index contributed by atoms with van der Waals surface area (Å²) in [6.07, 6.45) is -1.35. The second-order valence-corrected chi connectivity index (χ2v) is 6.77. The van der Waals surface area contributed by atoms with Gasteiger partial charge in [0.25, 0.3) is 0 Å². The Balaban J connectivity index is 2.24. The van der Waals surface area contributed by atoms with Crippen molar-refractivity contribution in [1.29, 1.82) is 0 Å². The van der Waals surface area contributed by atoms with Gasteiger partial charge in [0.2, 0.25) is 10.0 Å². The van der Waals surface area contributed by atoms with Crippen molar-refractivity contribution < 1.29 is 21.6 Å². The monoisotopic (exact) mass is 309 g/mol. The van der Waals surface area contributed by atoms with Gasteiger partial charge >= 0.3 is 6.18 Å². The summed E-state index contributed by atoms with van der Waals surface area (Å²) < 4.78 is 62.1. The molecule has 0 spiro atoms. The highest BCUT2D eigenvalue weighted by molar-refractivity contribution is 7.88. The molecule has 0 amide bonds. The standard InChI is InChI=1S/C11H14F3N3O2S/c1-20(18,19)17-4-2-3-8(6-17)9-5-10(11(12,13)14)16-7-15-9/h5,7-8H,2-4,6H2,1H3/t8-/m0/s1. The summed E-state index contributed by atoms with van der Waals surface area (Å²) in [4.78, 5) is 7.07. The van der Waals surface area contributed by atoms with Crippen molar-refractivity contribution in [3.8, 4) is 0 Å². The highest BCUT2D eigenvalue weighted by Gasteiger charge is 2.34.